The lowest BCUT2D eigenvalue weighted by atomic mass is 9.90. The lowest BCUT2D eigenvalue weighted by molar-refractivity contribution is -0.142. The molecule has 0 saturated heterocycles. The average molecular weight is 506 g/mol. The van der Waals surface area contributed by atoms with Gasteiger partial charge in [0.2, 0.25) is 6.61 Å². The van der Waals surface area contributed by atoms with Crippen molar-refractivity contribution in [3.05, 3.63) is 64.8 Å². The molecule has 8 nitrogen and oxygen atoms in total. The molecule has 0 radical (unpaired) electrons. The maximum absolute atomic E-state index is 12.5. The van der Waals surface area contributed by atoms with Crippen LogP contribution in [0.15, 0.2) is 47.6 Å². The second-order valence-corrected chi connectivity index (χ2v) is 10.4. The Labute approximate surface area is 217 Å². The van der Waals surface area contributed by atoms with Gasteiger partial charge in [-0.1, -0.05) is 54.9 Å². The van der Waals surface area contributed by atoms with Crippen LogP contribution >= 0.6 is 0 Å². The van der Waals surface area contributed by atoms with Gasteiger partial charge in [0.1, 0.15) is 5.60 Å². The topological polar surface area (TPSA) is 110 Å². The average Bonchev–Trinajstić information content (AvgIpc) is 2.79. The molecule has 1 amide bonds. The molecule has 196 valence electrons. The standard InChI is InChI=1S/C29H35N3O5/c1-18(2)13-25-23(16-30-28(35)37-29(4,5)6)27(21-10-7-19(3)8-11-21)22-14-20(9-12-24(22)32-25)15-31-36-17-26(33)34/h7-12,14-15,18H,13,16-17H2,1-6H3,(H,30,35)(H,33,34). The van der Waals surface area contributed by atoms with Crippen molar-refractivity contribution in [1.82, 2.24) is 10.3 Å². The molecular weight excluding hydrogens is 470 g/mol. The van der Waals surface area contributed by atoms with Crippen LogP contribution in [0.4, 0.5) is 4.79 Å². The normalized spacial score (nSPS) is 11.8. The summed E-state index contributed by atoms with van der Waals surface area (Å²) >= 11 is 0. The number of carbonyl (C=O) groups excluding carboxylic acids is 1. The fourth-order valence-electron chi connectivity index (χ4n) is 3.91. The van der Waals surface area contributed by atoms with Gasteiger partial charge in [-0.25, -0.2) is 9.59 Å². The van der Waals surface area contributed by atoms with E-state index < -0.39 is 24.3 Å². The summed E-state index contributed by atoms with van der Waals surface area (Å²) in [6.45, 7) is 11.5. The Morgan fingerprint density at radius 2 is 1.84 bits per heavy atom. The number of ether oxygens (including phenoxy) is 1. The summed E-state index contributed by atoms with van der Waals surface area (Å²) in [6, 6.07) is 14.0. The summed E-state index contributed by atoms with van der Waals surface area (Å²) in [5.41, 5.74) is 5.89. The third-order valence-electron chi connectivity index (χ3n) is 5.41. The molecule has 0 fully saturated rings. The van der Waals surface area contributed by atoms with E-state index in [0.29, 0.717) is 5.92 Å². The van der Waals surface area contributed by atoms with E-state index >= 15 is 0 Å². The van der Waals surface area contributed by atoms with E-state index in [9.17, 15) is 9.59 Å². The molecule has 0 unspecified atom stereocenters. The molecule has 0 atom stereocenters. The van der Waals surface area contributed by atoms with Gasteiger partial charge in [-0.2, -0.15) is 0 Å². The van der Waals surface area contributed by atoms with Crippen LogP contribution in [0.5, 0.6) is 0 Å². The number of benzene rings is 2. The number of hydrogen-bond donors (Lipinski definition) is 2. The molecule has 0 spiro atoms. The van der Waals surface area contributed by atoms with Crippen molar-refractivity contribution in [2.24, 2.45) is 11.1 Å². The van der Waals surface area contributed by atoms with Crippen molar-refractivity contribution < 1.29 is 24.3 Å². The van der Waals surface area contributed by atoms with E-state index in [0.717, 1.165) is 50.8 Å². The van der Waals surface area contributed by atoms with Gasteiger partial charge in [-0.05, 0) is 68.9 Å². The number of amides is 1. The van der Waals surface area contributed by atoms with Crippen molar-refractivity contribution in [2.75, 3.05) is 6.61 Å². The van der Waals surface area contributed by atoms with Crippen LogP contribution in [0.25, 0.3) is 22.0 Å². The number of nitrogens with zero attached hydrogens (tertiary/aromatic N) is 2. The number of alkyl carbamates (subject to hydrolysis) is 1. The molecule has 0 saturated carbocycles. The van der Waals surface area contributed by atoms with Crippen molar-refractivity contribution in [1.29, 1.82) is 0 Å². The zero-order chi connectivity index (χ0) is 27.2. The Kier molecular flexibility index (Phi) is 8.86. The zero-order valence-electron chi connectivity index (χ0n) is 22.3. The van der Waals surface area contributed by atoms with Crippen molar-refractivity contribution in [2.45, 2.75) is 60.1 Å². The first-order valence-corrected chi connectivity index (χ1v) is 12.3. The van der Waals surface area contributed by atoms with Crippen LogP contribution in [0.2, 0.25) is 0 Å². The van der Waals surface area contributed by atoms with Gasteiger partial charge in [0.05, 0.1) is 11.7 Å². The molecule has 8 heteroatoms. The number of carboxylic acid groups (broad SMARTS) is 1. The van der Waals surface area contributed by atoms with Crippen molar-refractivity contribution >= 4 is 29.2 Å². The van der Waals surface area contributed by atoms with E-state index in [1.54, 1.807) is 0 Å². The predicted octanol–water partition coefficient (Wildman–Crippen LogP) is 5.87. The van der Waals surface area contributed by atoms with Crippen LogP contribution in [-0.4, -0.2) is 40.6 Å². The molecule has 37 heavy (non-hydrogen) atoms. The summed E-state index contributed by atoms with van der Waals surface area (Å²) < 4.78 is 5.48. The fourth-order valence-corrected chi connectivity index (χ4v) is 3.91. The largest absolute Gasteiger partial charge is 0.479 e. The molecule has 2 N–H and O–H groups in total. The highest BCUT2D eigenvalue weighted by Gasteiger charge is 2.21. The first kappa shape index (κ1) is 27.6. The number of carboxylic acids is 1. The number of pyridine rings is 1. The van der Waals surface area contributed by atoms with Crippen LogP contribution < -0.4 is 5.32 Å². The number of hydrogen-bond acceptors (Lipinski definition) is 6. The van der Waals surface area contributed by atoms with Crippen LogP contribution in [0.3, 0.4) is 0 Å². The van der Waals surface area contributed by atoms with Crippen LogP contribution in [0.1, 0.15) is 57.0 Å². The molecule has 0 aliphatic rings. The number of nitrogens with one attached hydrogen (secondary N) is 1. The van der Waals surface area contributed by atoms with E-state index in [4.69, 9.17) is 19.7 Å². The number of aryl methyl sites for hydroxylation is 1. The number of carbonyl (C=O) groups is 2. The lowest BCUT2D eigenvalue weighted by Crippen LogP contribution is -2.32. The highest BCUT2D eigenvalue weighted by Crippen LogP contribution is 2.35. The summed E-state index contributed by atoms with van der Waals surface area (Å²) in [6.07, 6.45) is 1.73. The number of aromatic nitrogens is 1. The Bertz CT molecular complexity index is 1290. The smallest absolute Gasteiger partial charge is 0.407 e. The third kappa shape index (κ3) is 8.03. The summed E-state index contributed by atoms with van der Waals surface area (Å²) in [5.74, 6) is -0.741. The van der Waals surface area contributed by atoms with Crippen molar-refractivity contribution in [3.8, 4) is 11.1 Å². The van der Waals surface area contributed by atoms with E-state index in [1.165, 1.54) is 6.21 Å². The monoisotopic (exact) mass is 505 g/mol. The first-order chi connectivity index (χ1) is 17.4. The van der Waals surface area contributed by atoms with Gasteiger partial charge in [0, 0.05) is 23.2 Å². The Hall–Kier alpha value is -3.94. The molecular formula is C29H35N3O5. The van der Waals surface area contributed by atoms with E-state index in [2.05, 4.69) is 48.6 Å². The van der Waals surface area contributed by atoms with Crippen molar-refractivity contribution in [3.63, 3.8) is 0 Å². The molecule has 1 heterocycles. The minimum atomic E-state index is -1.10. The summed E-state index contributed by atoms with van der Waals surface area (Å²) in [4.78, 5) is 33.1. The van der Waals surface area contributed by atoms with Crippen LogP contribution in [-0.2, 0) is 27.3 Å². The molecule has 2 aromatic carbocycles. The number of rotatable bonds is 9. The molecule has 1 aromatic heterocycles. The number of oxime groups is 1. The van der Waals surface area contributed by atoms with E-state index in [1.807, 2.05) is 45.9 Å². The Morgan fingerprint density at radius 1 is 1.14 bits per heavy atom. The first-order valence-electron chi connectivity index (χ1n) is 12.3. The second-order valence-electron chi connectivity index (χ2n) is 10.4. The highest BCUT2D eigenvalue weighted by molar-refractivity contribution is 5.99. The van der Waals surface area contributed by atoms with Gasteiger partial charge in [-0.15, -0.1) is 0 Å². The maximum atomic E-state index is 12.5. The number of fused-ring (bicyclic) bond motifs is 1. The second kappa shape index (κ2) is 11.9. The van der Waals surface area contributed by atoms with Gasteiger partial charge >= 0.3 is 12.1 Å². The minimum absolute atomic E-state index is 0.253. The summed E-state index contributed by atoms with van der Waals surface area (Å²) in [7, 11) is 0. The van der Waals surface area contributed by atoms with Gasteiger partial charge in [-0.3, -0.25) is 4.98 Å². The number of aliphatic carboxylic acids is 1. The SMILES string of the molecule is Cc1ccc(-c2c(CNC(=O)OC(C)(C)C)c(CC(C)C)nc3ccc(C=NOCC(=O)O)cc23)cc1. The third-order valence-corrected chi connectivity index (χ3v) is 5.41. The Balaban J connectivity index is 2.16. The predicted molar refractivity (Wildman–Crippen MR) is 145 cm³/mol. The molecule has 0 bridgehead atoms. The zero-order valence-corrected chi connectivity index (χ0v) is 22.3. The molecule has 0 aliphatic carbocycles. The molecule has 0 aliphatic heterocycles. The van der Waals surface area contributed by atoms with Gasteiger partial charge < -0.3 is 20.0 Å². The van der Waals surface area contributed by atoms with E-state index in [-0.39, 0.29) is 6.54 Å². The minimum Gasteiger partial charge on any atom is -0.479 e. The lowest BCUT2D eigenvalue weighted by Gasteiger charge is -2.22. The fraction of sp³-hybridized carbons (Fsp3) is 0.379. The summed E-state index contributed by atoms with van der Waals surface area (Å²) in [5, 5.41) is 16.3. The molecule has 3 rings (SSSR count). The van der Waals surface area contributed by atoms with Gasteiger partial charge in [0.15, 0.2) is 0 Å². The molecule has 3 aromatic rings. The van der Waals surface area contributed by atoms with Gasteiger partial charge in [0.25, 0.3) is 0 Å². The highest BCUT2D eigenvalue weighted by atomic mass is 16.6. The van der Waals surface area contributed by atoms with Crippen LogP contribution in [0, 0.1) is 12.8 Å². The Morgan fingerprint density at radius 3 is 2.46 bits per heavy atom. The maximum Gasteiger partial charge on any atom is 0.407 e. The quantitative estimate of drug-likeness (QED) is 0.278.